The first-order valence-corrected chi connectivity index (χ1v) is 4.83. The van der Waals surface area contributed by atoms with Crippen LogP contribution in [-0.4, -0.2) is 5.78 Å². The Morgan fingerprint density at radius 1 is 1.00 bits per heavy atom. The van der Waals surface area contributed by atoms with Crippen LogP contribution in [0.15, 0.2) is 0 Å². The largest absolute Gasteiger partial charge is 0.299 e. The van der Waals surface area contributed by atoms with Crippen LogP contribution in [0.5, 0.6) is 0 Å². The molecule has 1 heteroatoms. The molecule has 0 amide bonds. The molecule has 0 aliphatic heterocycles. The smallest absolute Gasteiger partial charge is 0.140 e. The van der Waals surface area contributed by atoms with E-state index in [1.165, 1.54) is 38.5 Å². The number of carbonyl (C=O) groups is 1. The van der Waals surface area contributed by atoms with Crippen LogP contribution in [0.2, 0.25) is 0 Å². The highest BCUT2D eigenvalue weighted by molar-refractivity contribution is 5.94. The highest BCUT2D eigenvalue weighted by atomic mass is 16.1. The third-order valence-electron chi connectivity index (χ3n) is 4.57. The van der Waals surface area contributed by atoms with Gasteiger partial charge in [-0.15, -0.1) is 0 Å². The average Bonchev–Trinajstić information content (AvgIpc) is 1.73. The molecule has 0 bridgehead atoms. The molecule has 0 aromatic heterocycles. The fourth-order valence-corrected chi connectivity index (χ4v) is 3.43. The lowest BCUT2D eigenvalue weighted by Gasteiger charge is -2.67. The lowest BCUT2D eigenvalue weighted by atomic mass is 9.35. The minimum Gasteiger partial charge on any atom is -0.299 e. The van der Waals surface area contributed by atoms with Crippen molar-refractivity contribution >= 4 is 5.78 Å². The molecular weight excluding hydrogens is 136 g/mol. The molecule has 3 aliphatic rings. The summed E-state index contributed by atoms with van der Waals surface area (Å²) in [4.78, 5) is 11.4. The van der Waals surface area contributed by atoms with Crippen molar-refractivity contribution in [2.75, 3.05) is 0 Å². The number of ketones is 1. The van der Waals surface area contributed by atoms with E-state index in [4.69, 9.17) is 0 Å². The Morgan fingerprint density at radius 2 is 1.64 bits per heavy atom. The van der Waals surface area contributed by atoms with Crippen LogP contribution in [0, 0.1) is 10.8 Å². The Kier molecular flexibility index (Phi) is 0.875. The average molecular weight is 150 g/mol. The number of hydrogen-bond donors (Lipinski definition) is 0. The van der Waals surface area contributed by atoms with Gasteiger partial charge >= 0.3 is 0 Å². The first-order valence-electron chi connectivity index (χ1n) is 4.83. The van der Waals surface area contributed by atoms with Gasteiger partial charge in [0.1, 0.15) is 5.78 Å². The second-order valence-electron chi connectivity index (χ2n) is 4.67. The molecule has 1 nitrogen and oxygen atoms in total. The van der Waals surface area contributed by atoms with Gasteiger partial charge in [0.05, 0.1) is 0 Å². The third-order valence-corrected chi connectivity index (χ3v) is 4.57. The summed E-state index contributed by atoms with van der Waals surface area (Å²) in [6.07, 6.45) is 8.81. The van der Waals surface area contributed by atoms with Crippen molar-refractivity contribution < 1.29 is 4.79 Å². The fourth-order valence-electron chi connectivity index (χ4n) is 3.43. The molecule has 11 heavy (non-hydrogen) atoms. The third kappa shape index (κ3) is 0.447. The van der Waals surface area contributed by atoms with Crippen molar-refractivity contribution in [3.05, 3.63) is 0 Å². The summed E-state index contributed by atoms with van der Waals surface area (Å²) < 4.78 is 0. The van der Waals surface area contributed by atoms with E-state index in [2.05, 4.69) is 0 Å². The van der Waals surface area contributed by atoms with Gasteiger partial charge in [0.2, 0.25) is 0 Å². The summed E-state index contributed by atoms with van der Waals surface area (Å²) in [5, 5.41) is 0. The Balaban J connectivity index is 1.93. The Bertz CT molecular complexity index is 221. The van der Waals surface area contributed by atoms with Crippen LogP contribution in [0.1, 0.15) is 44.9 Å². The summed E-state index contributed by atoms with van der Waals surface area (Å²) in [5.74, 6) is 0.600. The zero-order valence-corrected chi connectivity index (χ0v) is 6.86. The van der Waals surface area contributed by atoms with Gasteiger partial charge in [-0.1, -0.05) is 12.8 Å². The van der Waals surface area contributed by atoms with Gasteiger partial charge < -0.3 is 0 Å². The van der Waals surface area contributed by atoms with E-state index in [-0.39, 0.29) is 5.41 Å². The van der Waals surface area contributed by atoms with Gasteiger partial charge in [-0.25, -0.2) is 0 Å². The Morgan fingerprint density at radius 3 is 1.82 bits per heavy atom. The first kappa shape index (κ1) is 6.22. The predicted octanol–water partition coefficient (Wildman–Crippen LogP) is 2.30. The molecular formula is C10H14O. The molecule has 60 valence electrons. The van der Waals surface area contributed by atoms with Crippen molar-refractivity contribution in [3.8, 4) is 0 Å². The molecule has 3 aliphatic carbocycles. The molecule has 3 rings (SSSR count). The monoisotopic (exact) mass is 150 g/mol. The minimum atomic E-state index is 0.255. The van der Waals surface area contributed by atoms with Crippen molar-refractivity contribution in [1.29, 1.82) is 0 Å². The van der Waals surface area contributed by atoms with E-state index in [9.17, 15) is 4.79 Å². The SMILES string of the molecule is O=C1CC2(CCC2)C12CCC2. The first-order chi connectivity index (χ1) is 5.29. The molecule has 3 saturated carbocycles. The maximum atomic E-state index is 11.4. The predicted molar refractivity (Wildman–Crippen MR) is 42.2 cm³/mol. The topological polar surface area (TPSA) is 17.1 Å². The summed E-state index contributed by atoms with van der Waals surface area (Å²) in [6.45, 7) is 0. The highest BCUT2D eigenvalue weighted by Gasteiger charge is 2.69. The van der Waals surface area contributed by atoms with Crippen molar-refractivity contribution in [3.63, 3.8) is 0 Å². The normalized spacial score (nSPS) is 36.2. The number of rotatable bonds is 0. The van der Waals surface area contributed by atoms with Gasteiger partial charge in [0, 0.05) is 11.8 Å². The molecule has 0 radical (unpaired) electrons. The van der Waals surface area contributed by atoms with E-state index in [0.717, 1.165) is 6.42 Å². The summed E-state index contributed by atoms with van der Waals surface area (Å²) in [7, 11) is 0. The van der Waals surface area contributed by atoms with Crippen LogP contribution in [0.25, 0.3) is 0 Å². The molecule has 0 N–H and O–H groups in total. The van der Waals surface area contributed by atoms with Crippen LogP contribution in [0.4, 0.5) is 0 Å². The molecule has 0 atom stereocenters. The molecule has 0 saturated heterocycles. The number of Topliss-reactive ketones (excluding diaryl/α,β-unsaturated/α-hetero) is 1. The molecule has 2 spiro atoms. The van der Waals surface area contributed by atoms with E-state index < -0.39 is 0 Å². The second kappa shape index (κ2) is 1.55. The van der Waals surface area contributed by atoms with Crippen LogP contribution < -0.4 is 0 Å². The van der Waals surface area contributed by atoms with E-state index in [0.29, 0.717) is 11.2 Å². The quantitative estimate of drug-likeness (QED) is 0.518. The summed E-state index contributed by atoms with van der Waals surface area (Å²) in [5.41, 5.74) is 0.813. The standard InChI is InChI=1S/C10H14O/c11-8-7-9(3-1-4-9)10(8)5-2-6-10/h1-7H2. The maximum Gasteiger partial charge on any atom is 0.140 e. The molecule has 0 heterocycles. The molecule has 3 fully saturated rings. The number of fused-ring (bicyclic) bond motifs is 1. The zero-order chi connectivity index (χ0) is 7.53. The van der Waals surface area contributed by atoms with Crippen molar-refractivity contribution in [2.45, 2.75) is 44.9 Å². The van der Waals surface area contributed by atoms with Crippen LogP contribution in [0.3, 0.4) is 0 Å². The second-order valence-corrected chi connectivity index (χ2v) is 4.67. The zero-order valence-electron chi connectivity index (χ0n) is 6.86. The summed E-state index contributed by atoms with van der Waals surface area (Å²) in [6, 6.07) is 0. The van der Waals surface area contributed by atoms with Crippen LogP contribution in [-0.2, 0) is 4.79 Å². The number of carbonyl (C=O) groups excluding carboxylic acids is 1. The Labute approximate surface area is 67.2 Å². The van der Waals surface area contributed by atoms with Gasteiger partial charge in [0.15, 0.2) is 0 Å². The van der Waals surface area contributed by atoms with E-state index in [1.54, 1.807) is 0 Å². The van der Waals surface area contributed by atoms with Crippen molar-refractivity contribution in [2.24, 2.45) is 10.8 Å². The van der Waals surface area contributed by atoms with Crippen LogP contribution >= 0.6 is 0 Å². The summed E-state index contributed by atoms with van der Waals surface area (Å²) >= 11 is 0. The molecule has 0 unspecified atom stereocenters. The lowest BCUT2D eigenvalue weighted by molar-refractivity contribution is -0.193. The van der Waals surface area contributed by atoms with Gasteiger partial charge in [0.25, 0.3) is 0 Å². The van der Waals surface area contributed by atoms with E-state index >= 15 is 0 Å². The lowest BCUT2D eigenvalue weighted by Crippen LogP contribution is -2.65. The molecule has 0 aromatic rings. The van der Waals surface area contributed by atoms with Crippen molar-refractivity contribution in [1.82, 2.24) is 0 Å². The molecule has 0 aromatic carbocycles. The van der Waals surface area contributed by atoms with Gasteiger partial charge in [-0.2, -0.15) is 0 Å². The number of hydrogen-bond acceptors (Lipinski definition) is 1. The highest BCUT2D eigenvalue weighted by Crippen LogP contribution is 2.72. The maximum absolute atomic E-state index is 11.4. The minimum absolute atomic E-state index is 0.255. The van der Waals surface area contributed by atoms with E-state index in [1.807, 2.05) is 0 Å². The van der Waals surface area contributed by atoms with Gasteiger partial charge in [-0.05, 0) is 31.1 Å². The Hall–Kier alpha value is -0.330. The van der Waals surface area contributed by atoms with Gasteiger partial charge in [-0.3, -0.25) is 4.79 Å². The fraction of sp³-hybridized carbons (Fsp3) is 0.900.